The molecular weight excluding hydrogens is 188 g/mol. The summed E-state index contributed by atoms with van der Waals surface area (Å²) in [4.78, 5) is 4.23. The van der Waals surface area contributed by atoms with E-state index >= 15 is 0 Å². The van der Waals surface area contributed by atoms with E-state index < -0.39 is 0 Å². The number of pyridine rings is 1. The molecule has 0 aliphatic carbocycles. The van der Waals surface area contributed by atoms with E-state index in [1.165, 1.54) is 0 Å². The van der Waals surface area contributed by atoms with Gasteiger partial charge in [0.15, 0.2) is 0 Å². The maximum absolute atomic E-state index is 4.23. The predicted molar refractivity (Wildman–Crippen MR) is 58.6 cm³/mol. The monoisotopic (exact) mass is 200 g/mol. The Kier molecular flexibility index (Phi) is 2.88. The highest BCUT2D eigenvalue weighted by Gasteiger charge is 1.99. The lowest BCUT2D eigenvalue weighted by molar-refractivity contribution is 0.920. The van der Waals surface area contributed by atoms with Crippen molar-refractivity contribution >= 4 is 5.82 Å². The Labute approximate surface area is 88.4 Å². The molecule has 0 spiro atoms. The summed E-state index contributed by atoms with van der Waals surface area (Å²) in [5, 5.41) is 11.0. The fourth-order valence-corrected chi connectivity index (χ4v) is 1.28. The molecule has 0 aromatic carbocycles. The third kappa shape index (κ3) is 2.49. The summed E-state index contributed by atoms with van der Waals surface area (Å²) < 4.78 is 0. The van der Waals surface area contributed by atoms with Crippen LogP contribution in [0.5, 0.6) is 0 Å². The Morgan fingerprint density at radius 1 is 1.07 bits per heavy atom. The Morgan fingerprint density at radius 3 is 2.60 bits per heavy atom. The number of aromatic nitrogens is 3. The van der Waals surface area contributed by atoms with Crippen molar-refractivity contribution in [1.82, 2.24) is 15.2 Å². The second-order valence-corrected chi connectivity index (χ2v) is 3.16. The van der Waals surface area contributed by atoms with E-state index in [1.807, 2.05) is 37.4 Å². The number of rotatable bonds is 3. The SMILES string of the molecule is CNc1ccc(Cc2ccccn2)nn1. The van der Waals surface area contributed by atoms with Crippen LogP contribution in [0.15, 0.2) is 36.5 Å². The van der Waals surface area contributed by atoms with E-state index in [0.29, 0.717) is 0 Å². The first kappa shape index (κ1) is 9.58. The van der Waals surface area contributed by atoms with Gasteiger partial charge in [0.25, 0.3) is 0 Å². The summed E-state index contributed by atoms with van der Waals surface area (Å²) >= 11 is 0. The zero-order chi connectivity index (χ0) is 10.5. The van der Waals surface area contributed by atoms with Crippen molar-refractivity contribution in [2.24, 2.45) is 0 Å². The van der Waals surface area contributed by atoms with Crippen LogP contribution in [-0.2, 0) is 6.42 Å². The van der Waals surface area contributed by atoms with Gasteiger partial charge in [0, 0.05) is 25.4 Å². The van der Waals surface area contributed by atoms with Gasteiger partial charge in [0.1, 0.15) is 5.82 Å². The molecule has 0 amide bonds. The molecule has 4 nitrogen and oxygen atoms in total. The zero-order valence-electron chi connectivity index (χ0n) is 8.51. The first-order valence-corrected chi connectivity index (χ1v) is 4.79. The smallest absolute Gasteiger partial charge is 0.148 e. The summed E-state index contributed by atoms with van der Waals surface area (Å²) in [7, 11) is 1.82. The third-order valence-electron chi connectivity index (χ3n) is 2.06. The Hall–Kier alpha value is -1.97. The van der Waals surface area contributed by atoms with Crippen LogP contribution in [0.3, 0.4) is 0 Å². The molecule has 0 fully saturated rings. The second-order valence-electron chi connectivity index (χ2n) is 3.16. The zero-order valence-corrected chi connectivity index (χ0v) is 8.51. The van der Waals surface area contributed by atoms with Crippen LogP contribution in [0.1, 0.15) is 11.4 Å². The van der Waals surface area contributed by atoms with Gasteiger partial charge in [0.05, 0.1) is 5.69 Å². The molecular formula is C11H12N4. The van der Waals surface area contributed by atoms with Crippen molar-refractivity contribution in [3.63, 3.8) is 0 Å². The largest absolute Gasteiger partial charge is 0.372 e. The average Bonchev–Trinajstić information content (AvgIpc) is 2.31. The minimum atomic E-state index is 0.720. The van der Waals surface area contributed by atoms with Crippen LogP contribution in [0.2, 0.25) is 0 Å². The van der Waals surface area contributed by atoms with Gasteiger partial charge in [-0.15, -0.1) is 5.10 Å². The molecule has 0 aliphatic rings. The van der Waals surface area contributed by atoms with Crippen LogP contribution in [0.25, 0.3) is 0 Å². The lowest BCUT2D eigenvalue weighted by Crippen LogP contribution is -1.99. The van der Waals surface area contributed by atoms with E-state index in [-0.39, 0.29) is 0 Å². The Balaban J connectivity index is 2.11. The van der Waals surface area contributed by atoms with Crippen LogP contribution in [0.4, 0.5) is 5.82 Å². The molecule has 0 aliphatic heterocycles. The summed E-state index contributed by atoms with van der Waals surface area (Å²) in [6, 6.07) is 9.71. The number of nitrogens with one attached hydrogen (secondary N) is 1. The molecule has 0 radical (unpaired) electrons. The van der Waals surface area contributed by atoms with Gasteiger partial charge in [0.2, 0.25) is 0 Å². The van der Waals surface area contributed by atoms with E-state index in [2.05, 4.69) is 20.5 Å². The molecule has 2 aromatic rings. The highest BCUT2D eigenvalue weighted by Crippen LogP contribution is 2.05. The number of nitrogens with zero attached hydrogens (tertiary/aromatic N) is 3. The second kappa shape index (κ2) is 4.50. The van der Waals surface area contributed by atoms with Gasteiger partial charge < -0.3 is 5.32 Å². The molecule has 0 bridgehead atoms. The maximum atomic E-state index is 4.23. The minimum Gasteiger partial charge on any atom is -0.372 e. The highest BCUT2D eigenvalue weighted by atomic mass is 15.2. The van der Waals surface area contributed by atoms with Crippen molar-refractivity contribution in [3.05, 3.63) is 47.9 Å². The lowest BCUT2D eigenvalue weighted by atomic mass is 10.2. The van der Waals surface area contributed by atoms with Gasteiger partial charge in [-0.2, -0.15) is 5.10 Å². The highest BCUT2D eigenvalue weighted by molar-refractivity contribution is 5.32. The Morgan fingerprint density at radius 2 is 2.00 bits per heavy atom. The van der Waals surface area contributed by atoms with E-state index in [9.17, 15) is 0 Å². The summed E-state index contributed by atoms with van der Waals surface area (Å²) in [5.74, 6) is 0.778. The minimum absolute atomic E-state index is 0.720. The number of hydrogen-bond donors (Lipinski definition) is 1. The summed E-state index contributed by atoms with van der Waals surface area (Å²) in [6.07, 6.45) is 2.50. The molecule has 0 unspecified atom stereocenters. The lowest BCUT2D eigenvalue weighted by Gasteiger charge is -2.00. The molecule has 76 valence electrons. The van der Waals surface area contributed by atoms with E-state index in [4.69, 9.17) is 0 Å². The quantitative estimate of drug-likeness (QED) is 0.815. The fraction of sp³-hybridized carbons (Fsp3) is 0.182. The topological polar surface area (TPSA) is 50.7 Å². The first-order chi connectivity index (χ1) is 7.38. The number of hydrogen-bond acceptors (Lipinski definition) is 4. The maximum Gasteiger partial charge on any atom is 0.148 e. The molecule has 2 rings (SSSR count). The van der Waals surface area contributed by atoms with Crippen molar-refractivity contribution < 1.29 is 0 Å². The predicted octanol–water partition coefficient (Wildman–Crippen LogP) is 1.50. The fourth-order valence-electron chi connectivity index (χ4n) is 1.28. The van der Waals surface area contributed by atoms with Crippen LogP contribution < -0.4 is 5.32 Å². The van der Waals surface area contributed by atoms with Gasteiger partial charge in [-0.05, 0) is 24.3 Å². The van der Waals surface area contributed by atoms with Gasteiger partial charge in [-0.3, -0.25) is 4.98 Å². The van der Waals surface area contributed by atoms with E-state index in [0.717, 1.165) is 23.6 Å². The van der Waals surface area contributed by atoms with Gasteiger partial charge >= 0.3 is 0 Å². The molecule has 15 heavy (non-hydrogen) atoms. The molecule has 1 N–H and O–H groups in total. The van der Waals surface area contributed by atoms with Crippen molar-refractivity contribution in [2.75, 3.05) is 12.4 Å². The standard InChI is InChI=1S/C11H12N4/c1-12-11-6-5-10(14-15-11)8-9-4-2-3-7-13-9/h2-7H,8H2,1H3,(H,12,15). The van der Waals surface area contributed by atoms with E-state index in [1.54, 1.807) is 6.20 Å². The van der Waals surface area contributed by atoms with Gasteiger partial charge in [-0.25, -0.2) is 0 Å². The van der Waals surface area contributed by atoms with Crippen molar-refractivity contribution in [1.29, 1.82) is 0 Å². The summed E-state index contributed by atoms with van der Waals surface area (Å²) in [5.41, 5.74) is 1.93. The van der Waals surface area contributed by atoms with Crippen molar-refractivity contribution in [3.8, 4) is 0 Å². The van der Waals surface area contributed by atoms with Crippen molar-refractivity contribution in [2.45, 2.75) is 6.42 Å². The molecule has 0 atom stereocenters. The van der Waals surface area contributed by atoms with Gasteiger partial charge in [-0.1, -0.05) is 6.07 Å². The average molecular weight is 200 g/mol. The molecule has 0 saturated carbocycles. The molecule has 2 aromatic heterocycles. The van der Waals surface area contributed by atoms with Crippen LogP contribution >= 0.6 is 0 Å². The molecule has 2 heterocycles. The Bertz CT molecular complexity index is 410. The molecule has 0 saturated heterocycles. The van der Waals surface area contributed by atoms with Crippen LogP contribution in [-0.4, -0.2) is 22.2 Å². The molecule has 4 heteroatoms. The summed E-state index contributed by atoms with van der Waals surface area (Å²) in [6.45, 7) is 0. The normalized spacial score (nSPS) is 9.93. The number of anilines is 1. The third-order valence-corrected chi connectivity index (χ3v) is 2.06. The van der Waals surface area contributed by atoms with Crippen LogP contribution in [0, 0.1) is 0 Å². The first-order valence-electron chi connectivity index (χ1n) is 4.79.